The average molecular weight is 315 g/mol. The van der Waals surface area contributed by atoms with Crippen LogP contribution in [-0.4, -0.2) is 45.7 Å². The monoisotopic (exact) mass is 315 g/mol. The predicted octanol–water partition coefficient (Wildman–Crippen LogP) is 0.170. The number of morpholine rings is 1. The fraction of sp³-hybridized carbons (Fsp3) is 0.500. The maximum atomic E-state index is 12.2. The van der Waals surface area contributed by atoms with Gasteiger partial charge in [0.15, 0.2) is 0 Å². The summed E-state index contributed by atoms with van der Waals surface area (Å²) in [7, 11) is -3.71. The van der Waals surface area contributed by atoms with Crippen LogP contribution in [0.5, 0.6) is 0 Å². The minimum absolute atomic E-state index is 0.0388. The lowest BCUT2D eigenvalue weighted by Gasteiger charge is -2.23. The van der Waals surface area contributed by atoms with E-state index >= 15 is 0 Å². The van der Waals surface area contributed by atoms with Gasteiger partial charge in [0.25, 0.3) is 5.69 Å². The second-order valence-corrected chi connectivity index (χ2v) is 6.49. The zero-order chi connectivity index (χ0) is 15.5. The maximum Gasteiger partial charge on any atom is 0.269 e. The van der Waals surface area contributed by atoms with Gasteiger partial charge >= 0.3 is 0 Å². The van der Waals surface area contributed by atoms with E-state index in [1.165, 1.54) is 25.1 Å². The van der Waals surface area contributed by atoms with Gasteiger partial charge in [0.05, 0.1) is 22.5 Å². The number of nitrogens with one attached hydrogen (secondary N) is 2. The number of non-ortho nitro benzene ring substituents is 1. The molecule has 2 N–H and O–H groups in total. The molecule has 1 saturated heterocycles. The summed E-state index contributed by atoms with van der Waals surface area (Å²) in [6.45, 7) is 3.57. The summed E-state index contributed by atoms with van der Waals surface area (Å²) >= 11 is 0. The summed E-state index contributed by atoms with van der Waals surface area (Å²) in [6, 6.07) is 3.67. The van der Waals surface area contributed by atoms with E-state index < -0.39 is 14.9 Å². The number of nitro benzene ring substituents is 1. The normalized spacial score (nSPS) is 19.4. The van der Waals surface area contributed by atoms with Crippen LogP contribution in [0.2, 0.25) is 0 Å². The Morgan fingerprint density at radius 1 is 1.52 bits per heavy atom. The molecule has 1 atom stereocenters. The smallest absolute Gasteiger partial charge is 0.269 e. The van der Waals surface area contributed by atoms with Crippen LogP contribution in [0, 0.1) is 17.0 Å². The summed E-state index contributed by atoms with van der Waals surface area (Å²) in [5.74, 6) is 0. The molecular formula is C12H17N3O5S. The molecule has 1 aliphatic rings. The van der Waals surface area contributed by atoms with Gasteiger partial charge in [-0.2, -0.15) is 0 Å². The van der Waals surface area contributed by atoms with Gasteiger partial charge in [-0.3, -0.25) is 10.1 Å². The first-order valence-electron chi connectivity index (χ1n) is 6.47. The summed E-state index contributed by atoms with van der Waals surface area (Å²) in [5.41, 5.74) is 0.200. The van der Waals surface area contributed by atoms with E-state index in [0.29, 0.717) is 18.7 Å². The van der Waals surface area contributed by atoms with E-state index in [9.17, 15) is 18.5 Å². The van der Waals surface area contributed by atoms with Crippen molar-refractivity contribution in [2.75, 3.05) is 26.2 Å². The van der Waals surface area contributed by atoms with Gasteiger partial charge in [-0.15, -0.1) is 0 Å². The molecule has 1 fully saturated rings. The van der Waals surface area contributed by atoms with Gasteiger partial charge in [0, 0.05) is 31.8 Å². The molecule has 0 aliphatic carbocycles. The molecule has 0 radical (unpaired) electrons. The topological polar surface area (TPSA) is 111 Å². The van der Waals surface area contributed by atoms with Gasteiger partial charge < -0.3 is 10.1 Å². The minimum atomic E-state index is -3.71. The van der Waals surface area contributed by atoms with Crippen molar-refractivity contribution in [3.8, 4) is 0 Å². The molecule has 0 spiro atoms. The van der Waals surface area contributed by atoms with Crippen molar-refractivity contribution >= 4 is 15.7 Å². The van der Waals surface area contributed by atoms with Gasteiger partial charge in [0.2, 0.25) is 10.0 Å². The van der Waals surface area contributed by atoms with E-state index in [2.05, 4.69) is 10.0 Å². The molecule has 1 heterocycles. The van der Waals surface area contributed by atoms with Crippen LogP contribution in [0.25, 0.3) is 0 Å². The van der Waals surface area contributed by atoms with Gasteiger partial charge in [-0.05, 0) is 18.6 Å². The Morgan fingerprint density at radius 3 is 2.86 bits per heavy atom. The largest absolute Gasteiger partial charge is 0.374 e. The lowest BCUT2D eigenvalue weighted by Crippen LogP contribution is -2.45. The van der Waals surface area contributed by atoms with Gasteiger partial charge in [0.1, 0.15) is 0 Å². The first-order valence-corrected chi connectivity index (χ1v) is 7.95. The maximum absolute atomic E-state index is 12.2. The molecule has 1 aromatic carbocycles. The fourth-order valence-corrected chi connectivity index (χ4v) is 3.37. The highest BCUT2D eigenvalue weighted by molar-refractivity contribution is 7.89. The zero-order valence-electron chi connectivity index (χ0n) is 11.5. The molecule has 0 amide bonds. The highest BCUT2D eigenvalue weighted by Gasteiger charge is 2.21. The van der Waals surface area contributed by atoms with Crippen LogP contribution in [0.1, 0.15) is 5.56 Å². The Kier molecular flexibility index (Phi) is 4.88. The Balaban J connectivity index is 2.10. The number of hydrogen-bond donors (Lipinski definition) is 2. The van der Waals surface area contributed by atoms with Crippen LogP contribution in [0.15, 0.2) is 23.1 Å². The molecule has 8 nitrogen and oxygen atoms in total. The van der Waals surface area contributed by atoms with Crippen LogP contribution < -0.4 is 10.0 Å². The van der Waals surface area contributed by atoms with Crippen molar-refractivity contribution in [3.63, 3.8) is 0 Å². The highest BCUT2D eigenvalue weighted by Crippen LogP contribution is 2.20. The van der Waals surface area contributed by atoms with E-state index in [-0.39, 0.29) is 23.2 Å². The van der Waals surface area contributed by atoms with Crippen molar-refractivity contribution in [1.29, 1.82) is 0 Å². The van der Waals surface area contributed by atoms with E-state index in [4.69, 9.17) is 4.74 Å². The number of nitrogens with zero attached hydrogens (tertiary/aromatic N) is 1. The molecule has 2 rings (SSSR count). The number of aryl methyl sites for hydroxylation is 1. The SMILES string of the molecule is Cc1cc([N+](=O)[O-])ccc1S(=O)(=O)NCC1CNCCO1. The number of ether oxygens (including phenoxy) is 1. The Hall–Kier alpha value is -1.55. The third-order valence-corrected chi connectivity index (χ3v) is 4.75. The van der Waals surface area contributed by atoms with Crippen LogP contribution in [-0.2, 0) is 14.8 Å². The zero-order valence-corrected chi connectivity index (χ0v) is 12.4. The fourth-order valence-electron chi connectivity index (χ4n) is 2.08. The molecule has 0 saturated carbocycles. The van der Waals surface area contributed by atoms with Gasteiger partial charge in [-0.25, -0.2) is 13.1 Å². The number of nitro groups is 1. The van der Waals surface area contributed by atoms with Crippen molar-refractivity contribution in [1.82, 2.24) is 10.0 Å². The first-order chi connectivity index (χ1) is 9.90. The van der Waals surface area contributed by atoms with Crippen molar-refractivity contribution in [2.45, 2.75) is 17.9 Å². The minimum Gasteiger partial charge on any atom is -0.374 e. The van der Waals surface area contributed by atoms with Crippen molar-refractivity contribution in [2.24, 2.45) is 0 Å². The van der Waals surface area contributed by atoms with E-state index in [1.807, 2.05) is 0 Å². The third-order valence-electron chi connectivity index (χ3n) is 3.16. The molecule has 1 aliphatic heterocycles. The van der Waals surface area contributed by atoms with Crippen molar-refractivity contribution in [3.05, 3.63) is 33.9 Å². The molecule has 0 bridgehead atoms. The standard InChI is InChI=1S/C12H17N3O5S/c1-9-6-10(15(16)17)2-3-12(9)21(18,19)14-8-11-7-13-4-5-20-11/h2-3,6,11,13-14H,4-5,7-8H2,1H3. The quantitative estimate of drug-likeness (QED) is 0.592. The summed E-state index contributed by atoms with van der Waals surface area (Å²) < 4.78 is 32.3. The van der Waals surface area contributed by atoms with E-state index in [1.54, 1.807) is 0 Å². The van der Waals surface area contributed by atoms with E-state index in [0.717, 1.165) is 6.54 Å². The summed E-state index contributed by atoms with van der Waals surface area (Å²) in [4.78, 5) is 10.1. The second kappa shape index (κ2) is 6.48. The Morgan fingerprint density at radius 2 is 2.29 bits per heavy atom. The molecule has 116 valence electrons. The number of benzene rings is 1. The molecule has 0 aromatic heterocycles. The molecule has 1 unspecified atom stereocenters. The van der Waals surface area contributed by atoms with Crippen LogP contribution in [0.3, 0.4) is 0 Å². The lowest BCUT2D eigenvalue weighted by molar-refractivity contribution is -0.385. The van der Waals surface area contributed by atoms with Crippen LogP contribution >= 0.6 is 0 Å². The molecule has 9 heteroatoms. The number of sulfonamides is 1. The molecular weight excluding hydrogens is 298 g/mol. The number of rotatable bonds is 5. The first kappa shape index (κ1) is 15.8. The summed E-state index contributed by atoms with van der Waals surface area (Å²) in [5, 5.41) is 13.8. The van der Waals surface area contributed by atoms with Gasteiger partial charge in [-0.1, -0.05) is 0 Å². The molecule has 21 heavy (non-hydrogen) atoms. The predicted molar refractivity (Wildman–Crippen MR) is 75.6 cm³/mol. The Bertz CT molecular complexity index is 626. The highest BCUT2D eigenvalue weighted by atomic mass is 32.2. The lowest BCUT2D eigenvalue weighted by atomic mass is 10.2. The van der Waals surface area contributed by atoms with Crippen molar-refractivity contribution < 1.29 is 18.1 Å². The van der Waals surface area contributed by atoms with Crippen LogP contribution in [0.4, 0.5) is 5.69 Å². The third kappa shape index (κ3) is 3.97. The number of hydrogen-bond acceptors (Lipinski definition) is 6. The average Bonchev–Trinajstić information content (AvgIpc) is 2.46. The second-order valence-electron chi connectivity index (χ2n) is 4.76. The molecule has 1 aromatic rings. The summed E-state index contributed by atoms with van der Waals surface area (Å²) in [6.07, 6.45) is -0.216. The Labute approximate surface area is 122 Å².